The highest BCUT2D eigenvalue weighted by molar-refractivity contribution is 7.47. The van der Waals surface area contributed by atoms with Crippen LogP contribution < -0.4 is 17.2 Å². The second kappa shape index (κ2) is 8.67. The maximum atomic E-state index is 11.3. The van der Waals surface area contributed by atoms with Gasteiger partial charge >= 0.3 is 20.0 Å². The molecule has 0 radical (unpaired) electrons. The zero-order valence-corrected chi connectivity index (χ0v) is 10.8. The van der Waals surface area contributed by atoms with Crippen LogP contribution in [0.5, 0.6) is 0 Å². The molecule has 11 nitrogen and oxygen atoms in total. The van der Waals surface area contributed by atoms with Crippen molar-refractivity contribution in [1.29, 1.82) is 0 Å². The van der Waals surface area contributed by atoms with E-state index in [2.05, 4.69) is 18.5 Å². The summed E-state index contributed by atoms with van der Waals surface area (Å²) in [7, 11) is -4.34. The molecule has 0 rings (SSSR count). The number of phosphoric ester groups is 1. The van der Waals surface area contributed by atoms with Crippen molar-refractivity contribution >= 4 is 20.0 Å². The lowest BCUT2D eigenvalue weighted by molar-refractivity contribution is 0.0157. The lowest BCUT2D eigenvalue weighted by Gasteiger charge is -2.18. The second-order valence-electron chi connectivity index (χ2n) is 3.08. The molecule has 0 aliphatic rings. The van der Waals surface area contributed by atoms with E-state index in [4.69, 9.17) is 22.1 Å². The molecule has 0 heterocycles. The topological polar surface area (TPSA) is 186 Å². The predicted molar refractivity (Wildman–Crippen MR) is 60.8 cm³/mol. The lowest BCUT2D eigenvalue weighted by atomic mass is 10.4. The van der Waals surface area contributed by atoms with Crippen LogP contribution in [0.15, 0.2) is 0 Å². The van der Waals surface area contributed by atoms with Gasteiger partial charge in [-0.2, -0.15) is 0 Å². The minimum atomic E-state index is -4.34. The second-order valence-corrected chi connectivity index (χ2v) is 4.53. The average Bonchev–Trinajstić information content (AvgIpc) is 2.29. The van der Waals surface area contributed by atoms with Crippen LogP contribution >= 0.6 is 7.82 Å². The first kappa shape index (κ1) is 17.6. The summed E-state index contributed by atoms with van der Waals surface area (Å²) in [4.78, 5) is 30.1. The SMILES string of the molecule is NCCOP(=O)(O)OC[C@@H](COC(N)=O)OC(N)=O. The maximum Gasteiger partial charge on any atom is 0.472 e. The third kappa shape index (κ3) is 10.2. The molecule has 0 spiro atoms. The summed E-state index contributed by atoms with van der Waals surface area (Å²) >= 11 is 0. The predicted octanol–water partition coefficient (Wildman–Crippen LogP) is -1.36. The summed E-state index contributed by atoms with van der Waals surface area (Å²) < 4.78 is 29.0. The summed E-state index contributed by atoms with van der Waals surface area (Å²) in [5, 5.41) is 0. The molecule has 0 aromatic carbocycles. The Morgan fingerprint density at radius 1 is 1.16 bits per heavy atom. The van der Waals surface area contributed by atoms with E-state index >= 15 is 0 Å². The van der Waals surface area contributed by atoms with Crippen LogP contribution in [0, 0.1) is 0 Å². The monoisotopic (exact) mass is 301 g/mol. The third-order valence-electron chi connectivity index (χ3n) is 1.49. The van der Waals surface area contributed by atoms with Crippen molar-refractivity contribution in [2.45, 2.75) is 6.10 Å². The van der Waals surface area contributed by atoms with Crippen molar-refractivity contribution in [3.05, 3.63) is 0 Å². The molecule has 0 aliphatic heterocycles. The number of phosphoric acid groups is 1. The fourth-order valence-electron chi connectivity index (χ4n) is 0.838. The van der Waals surface area contributed by atoms with Gasteiger partial charge < -0.3 is 31.6 Å². The Hall–Kier alpha value is -1.39. The van der Waals surface area contributed by atoms with Gasteiger partial charge in [0.25, 0.3) is 0 Å². The minimum absolute atomic E-state index is 0.0138. The van der Waals surface area contributed by atoms with Crippen molar-refractivity contribution in [3.8, 4) is 0 Å². The van der Waals surface area contributed by atoms with Gasteiger partial charge in [-0.15, -0.1) is 0 Å². The number of carbonyl (C=O) groups is 2. The number of hydrogen-bond acceptors (Lipinski definition) is 8. The Morgan fingerprint density at radius 3 is 2.26 bits per heavy atom. The molecule has 7 N–H and O–H groups in total. The molecule has 0 fully saturated rings. The van der Waals surface area contributed by atoms with Crippen LogP contribution in [-0.2, 0) is 23.1 Å². The minimum Gasteiger partial charge on any atom is -0.446 e. The van der Waals surface area contributed by atoms with Gasteiger partial charge in [-0.1, -0.05) is 0 Å². The van der Waals surface area contributed by atoms with E-state index in [-0.39, 0.29) is 13.2 Å². The van der Waals surface area contributed by atoms with E-state index in [1.165, 1.54) is 0 Å². The Balaban J connectivity index is 4.26. The molecule has 2 amide bonds. The van der Waals surface area contributed by atoms with E-state index in [0.717, 1.165) is 0 Å². The molecule has 12 heteroatoms. The van der Waals surface area contributed by atoms with Crippen LogP contribution in [0.25, 0.3) is 0 Å². The molecule has 2 atom stereocenters. The van der Waals surface area contributed by atoms with E-state index in [9.17, 15) is 14.2 Å². The molecular weight excluding hydrogens is 285 g/mol. The quantitative estimate of drug-likeness (QED) is 0.373. The number of hydrogen-bond donors (Lipinski definition) is 4. The molecule has 0 aromatic rings. The van der Waals surface area contributed by atoms with Gasteiger partial charge in [0.2, 0.25) is 0 Å². The van der Waals surface area contributed by atoms with Gasteiger partial charge in [0, 0.05) is 6.54 Å². The zero-order chi connectivity index (χ0) is 14.9. The highest BCUT2D eigenvalue weighted by Gasteiger charge is 2.25. The first-order chi connectivity index (χ1) is 8.76. The van der Waals surface area contributed by atoms with Crippen molar-refractivity contribution in [2.75, 3.05) is 26.4 Å². The van der Waals surface area contributed by atoms with Gasteiger partial charge in [0.05, 0.1) is 13.2 Å². The number of ether oxygens (including phenoxy) is 2. The molecule has 0 aromatic heterocycles. The first-order valence-electron chi connectivity index (χ1n) is 4.97. The number of amides is 2. The molecule has 0 bridgehead atoms. The molecular formula is C7H16N3O8P. The van der Waals surface area contributed by atoms with Gasteiger partial charge in [-0.25, -0.2) is 14.2 Å². The summed E-state index contributed by atoms with van der Waals surface area (Å²) in [6, 6.07) is 0. The van der Waals surface area contributed by atoms with E-state index in [0.29, 0.717) is 0 Å². The van der Waals surface area contributed by atoms with Gasteiger partial charge in [0.1, 0.15) is 6.61 Å². The Labute approximate surface area is 108 Å². The van der Waals surface area contributed by atoms with Crippen molar-refractivity contribution in [3.63, 3.8) is 0 Å². The van der Waals surface area contributed by atoms with Crippen molar-refractivity contribution < 1.29 is 37.6 Å². The molecule has 0 aliphatic carbocycles. The fourth-order valence-corrected chi connectivity index (χ4v) is 1.60. The molecule has 0 saturated carbocycles. The Kier molecular flexibility index (Phi) is 8.03. The average molecular weight is 301 g/mol. The number of carbonyl (C=O) groups excluding carboxylic acids is 2. The van der Waals surface area contributed by atoms with E-state index < -0.39 is 39.3 Å². The van der Waals surface area contributed by atoms with Crippen LogP contribution in [0.4, 0.5) is 9.59 Å². The fraction of sp³-hybridized carbons (Fsp3) is 0.714. The van der Waals surface area contributed by atoms with Crippen LogP contribution in [0.3, 0.4) is 0 Å². The highest BCUT2D eigenvalue weighted by atomic mass is 31.2. The number of rotatable bonds is 9. The van der Waals surface area contributed by atoms with Gasteiger partial charge in [0.15, 0.2) is 6.10 Å². The van der Waals surface area contributed by atoms with Crippen LogP contribution in [0.2, 0.25) is 0 Å². The molecule has 0 saturated heterocycles. The summed E-state index contributed by atoms with van der Waals surface area (Å²) in [6.45, 7) is -1.27. The Bertz CT molecular complexity index is 351. The number of primary amides is 2. The van der Waals surface area contributed by atoms with E-state index in [1.807, 2.05) is 0 Å². The van der Waals surface area contributed by atoms with E-state index in [1.54, 1.807) is 0 Å². The number of nitrogens with two attached hydrogens (primary N) is 3. The van der Waals surface area contributed by atoms with Crippen LogP contribution in [-0.4, -0.2) is 49.5 Å². The Morgan fingerprint density at radius 2 is 1.79 bits per heavy atom. The summed E-state index contributed by atoms with van der Waals surface area (Å²) in [5.41, 5.74) is 14.5. The standard InChI is InChI=1S/C7H16N3O8P/c8-1-2-16-19(13,14)17-4-5(18-7(10)12)3-15-6(9)11/h5H,1-4,8H2,(H2,9,11)(H2,10,12)(H,13,14)/t5-/m1/s1. The molecule has 112 valence electrons. The smallest absolute Gasteiger partial charge is 0.446 e. The summed E-state index contributed by atoms with van der Waals surface area (Å²) in [5.74, 6) is 0. The van der Waals surface area contributed by atoms with Crippen molar-refractivity contribution in [2.24, 2.45) is 17.2 Å². The normalized spacial score (nSPS) is 15.3. The van der Waals surface area contributed by atoms with Gasteiger partial charge in [-0.3, -0.25) is 9.05 Å². The molecule has 19 heavy (non-hydrogen) atoms. The van der Waals surface area contributed by atoms with Crippen molar-refractivity contribution in [1.82, 2.24) is 0 Å². The molecule has 1 unspecified atom stereocenters. The maximum absolute atomic E-state index is 11.3. The lowest BCUT2D eigenvalue weighted by Crippen LogP contribution is -2.32. The third-order valence-corrected chi connectivity index (χ3v) is 2.47. The summed E-state index contributed by atoms with van der Waals surface area (Å²) in [6.07, 6.45) is -3.51. The van der Waals surface area contributed by atoms with Gasteiger partial charge in [-0.05, 0) is 0 Å². The first-order valence-corrected chi connectivity index (χ1v) is 6.46. The zero-order valence-electron chi connectivity index (χ0n) is 9.89. The van der Waals surface area contributed by atoms with Crippen LogP contribution in [0.1, 0.15) is 0 Å². The largest absolute Gasteiger partial charge is 0.472 e. The highest BCUT2D eigenvalue weighted by Crippen LogP contribution is 2.42.